The Morgan fingerprint density at radius 1 is 1.13 bits per heavy atom. The fraction of sp³-hybridized carbons (Fsp3) is 0.273. The van der Waals surface area contributed by atoms with E-state index in [0.29, 0.717) is 0 Å². The van der Waals surface area contributed by atoms with Gasteiger partial charge in [-0.1, -0.05) is 31.2 Å². The van der Waals surface area contributed by atoms with Crippen molar-refractivity contribution in [3.63, 3.8) is 0 Å². The van der Waals surface area contributed by atoms with Crippen molar-refractivity contribution in [2.75, 3.05) is 0 Å². The van der Waals surface area contributed by atoms with E-state index in [4.69, 9.17) is 0 Å². The van der Waals surface area contributed by atoms with Crippen LogP contribution in [0.2, 0.25) is 0 Å². The maximum atomic E-state index is 11.5. The predicted octanol–water partition coefficient (Wildman–Crippen LogP) is 0.494. The molecule has 1 aliphatic rings. The lowest BCUT2D eigenvalue weighted by Gasteiger charge is -2.09. The Morgan fingerprint density at radius 2 is 1.73 bits per heavy atom. The maximum Gasteiger partial charge on any atom is 0.255 e. The van der Waals surface area contributed by atoms with Crippen LogP contribution in [0.4, 0.5) is 0 Å². The highest BCUT2D eigenvalue weighted by atomic mass is 16.2. The molecule has 0 radical (unpaired) electrons. The summed E-state index contributed by atoms with van der Waals surface area (Å²) in [5.74, 6) is -1.25. The lowest BCUT2D eigenvalue weighted by atomic mass is 9.93. The van der Waals surface area contributed by atoms with Crippen molar-refractivity contribution in [3.05, 3.63) is 35.4 Å². The first-order valence-electron chi connectivity index (χ1n) is 4.91. The molecule has 78 valence electrons. The summed E-state index contributed by atoms with van der Waals surface area (Å²) in [5.41, 5.74) is 6.50. The van der Waals surface area contributed by atoms with Crippen molar-refractivity contribution in [1.29, 1.82) is 0 Å². The standard InChI is InChI=1S/C11H12N2O2/c1-2-7-5-3-4-6-8(7)9-10(14)12-13-11(9)15/h3-6,9H,2H2,1H3,(H,12,14)(H,13,15). The number of nitrogens with one attached hydrogen (secondary N) is 2. The zero-order chi connectivity index (χ0) is 10.8. The van der Waals surface area contributed by atoms with E-state index in [0.717, 1.165) is 17.5 Å². The Labute approximate surface area is 87.6 Å². The van der Waals surface area contributed by atoms with Crippen molar-refractivity contribution in [1.82, 2.24) is 10.9 Å². The van der Waals surface area contributed by atoms with Gasteiger partial charge in [0.25, 0.3) is 11.8 Å². The highest BCUT2D eigenvalue weighted by Gasteiger charge is 2.35. The second-order valence-corrected chi connectivity index (χ2v) is 3.46. The molecule has 1 aliphatic heterocycles. The lowest BCUT2D eigenvalue weighted by Crippen LogP contribution is -2.28. The number of aryl methyl sites for hydroxylation is 1. The van der Waals surface area contributed by atoms with Crippen LogP contribution in [0.3, 0.4) is 0 Å². The van der Waals surface area contributed by atoms with Crippen LogP contribution in [0.5, 0.6) is 0 Å². The van der Waals surface area contributed by atoms with Crippen LogP contribution in [-0.2, 0) is 16.0 Å². The van der Waals surface area contributed by atoms with E-state index in [1.165, 1.54) is 0 Å². The fourth-order valence-corrected chi connectivity index (χ4v) is 1.81. The molecule has 0 aliphatic carbocycles. The first-order valence-corrected chi connectivity index (χ1v) is 4.91. The SMILES string of the molecule is CCc1ccccc1C1C(=O)NNC1=O. The van der Waals surface area contributed by atoms with Gasteiger partial charge in [0, 0.05) is 0 Å². The highest BCUT2D eigenvalue weighted by molar-refractivity contribution is 6.10. The molecule has 0 bridgehead atoms. The number of carbonyl (C=O) groups excluding carboxylic acids is 2. The van der Waals surface area contributed by atoms with Gasteiger partial charge in [0.15, 0.2) is 0 Å². The van der Waals surface area contributed by atoms with Gasteiger partial charge < -0.3 is 0 Å². The number of amides is 2. The van der Waals surface area contributed by atoms with Crippen LogP contribution in [0.25, 0.3) is 0 Å². The average Bonchev–Trinajstić information content (AvgIpc) is 2.59. The molecule has 1 fully saturated rings. The Balaban J connectivity index is 2.44. The molecule has 0 spiro atoms. The molecule has 1 aromatic carbocycles. The van der Waals surface area contributed by atoms with Crippen LogP contribution >= 0.6 is 0 Å². The van der Waals surface area contributed by atoms with Gasteiger partial charge in [-0.2, -0.15) is 0 Å². The maximum absolute atomic E-state index is 11.5. The molecule has 0 aromatic heterocycles. The summed E-state index contributed by atoms with van der Waals surface area (Å²) in [4.78, 5) is 22.9. The summed E-state index contributed by atoms with van der Waals surface area (Å²) in [6, 6.07) is 7.52. The molecule has 1 saturated heterocycles. The molecule has 1 heterocycles. The first kappa shape index (κ1) is 9.71. The normalized spacial score (nSPS) is 16.3. The highest BCUT2D eigenvalue weighted by Crippen LogP contribution is 2.23. The summed E-state index contributed by atoms with van der Waals surface area (Å²) < 4.78 is 0. The largest absolute Gasteiger partial charge is 0.272 e. The van der Waals surface area contributed by atoms with Crippen molar-refractivity contribution < 1.29 is 9.59 Å². The molecule has 0 unspecified atom stereocenters. The number of hydrogen-bond acceptors (Lipinski definition) is 2. The van der Waals surface area contributed by atoms with Crippen LogP contribution in [0.1, 0.15) is 24.0 Å². The van der Waals surface area contributed by atoms with Gasteiger partial charge in [-0.3, -0.25) is 20.4 Å². The third kappa shape index (κ3) is 1.58. The smallest absolute Gasteiger partial charge is 0.255 e. The van der Waals surface area contributed by atoms with Crippen molar-refractivity contribution in [2.24, 2.45) is 0 Å². The minimum Gasteiger partial charge on any atom is -0.272 e. The zero-order valence-electron chi connectivity index (χ0n) is 8.41. The minimum absolute atomic E-state index is 0.277. The second-order valence-electron chi connectivity index (χ2n) is 3.46. The van der Waals surface area contributed by atoms with E-state index in [2.05, 4.69) is 10.9 Å². The van der Waals surface area contributed by atoms with Crippen LogP contribution in [0, 0.1) is 0 Å². The molecule has 2 rings (SSSR count). The summed E-state index contributed by atoms with van der Waals surface area (Å²) in [6.45, 7) is 2.00. The molecular formula is C11H12N2O2. The Kier molecular flexibility index (Phi) is 2.41. The van der Waals surface area contributed by atoms with E-state index >= 15 is 0 Å². The quantitative estimate of drug-likeness (QED) is 0.689. The molecule has 4 heteroatoms. The van der Waals surface area contributed by atoms with Crippen molar-refractivity contribution in [3.8, 4) is 0 Å². The van der Waals surface area contributed by atoms with Gasteiger partial charge in [0.2, 0.25) is 0 Å². The summed E-state index contributed by atoms with van der Waals surface area (Å²) in [6.07, 6.45) is 0.813. The number of carbonyl (C=O) groups is 2. The molecule has 1 aromatic rings. The fourth-order valence-electron chi connectivity index (χ4n) is 1.81. The van der Waals surface area contributed by atoms with Gasteiger partial charge in [-0.15, -0.1) is 0 Å². The first-order chi connectivity index (χ1) is 7.24. The van der Waals surface area contributed by atoms with Crippen molar-refractivity contribution >= 4 is 11.8 Å². The third-order valence-electron chi connectivity index (χ3n) is 2.58. The summed E-state index contributed by atoms with van der Waals surface area (Å²) >= 11 is 0. The van der Waals surface area contributed by atoms with Crippen molar-refractivity contribution in [2.45, 2.75) is 19.3 Å². The number of hydrogen-bond donors (Lipinski definition) is 2. The molecule has 2 N–H and O–H groups in total. The molecule has 15 heavy (non-hydrogen) atoms. The zero-order valence-corrected chi connectivity index (χ0v) is 8.41. The predicted molar refractivity (Wildman–Crippen MR) is 54.8 cm³/mol. The average molecular weight is 204 g/mol. The van der Waals surface area contributed by atoms with Gasteiger partial charge >= 0.3 is 0 Å². The molecule has 0 saturated carbocycles. The van der Waals surface area contributed by atoms with E-state index in [1.807, 2.05) is 31.2 Å². The number of rotatable bonds is 2. The monoisotopic (exact) mass is 204 g/mol. The van der Waals surface area contributed by atoms with E-state index in [-0.39, 0.29) is 11.8 Å². The lowest BCUT2D eigenvalue weighted by molar-refractivity contribution is -0.124. The summed E-state index contributed by atoms with van der Waals surface area (Å²) in [5, 5.41) is 0. The van der Waals surface area contributed by atoms with Crippen LogP contribution in [-0.4, -0.2) is 11.8 Å². The number of hydrazine groups is 1. The second kappa shape index (κ2) is 3.73. The van der Waals surface area contributed by atoms with Gasteiger partial charge in [0.1, 0.15) is 5.92 Å². The van der Waals surface area contributed by atoms with Gasteiger partial charge in [-0.25, -0.2) is 0 Å². The topological polar surface area (TPSA) is 58.2 Å². The van der Waals surface area contributed by atoms with Crippen LogP contribution in [0.15, 0.2) is 24.3 Å². The Hall–Kier alpha value is -1.84. The van der Waals surface area contributed by atoms with E-state index in [9.17, 15) is 9.59 Å². The Bertz CT molecular complexity index is 399. The van der Waals surface area contributed by atoms with E-state index in [1.54, 1.807) is 0 Å². The molecule has 4 nitrogen and oxygen atoms in total. The van der Waals surface area contributed by atoms with Gasteiger partial charge in [-0.05, 0) is 17.5 Å². The summed E-state index contributed by atoms with van der Waals surface area (Å²) in [7, 11) is 0. The molecule has 2 amide bonds. The molecular weight excluding hydrogens is 192 g/mol. The minimum atomic E-state index is -0.693. The Morgan fingerprint density at radius 3 is 2.33 bits per heavy atom. The van der Waals surface area contributed by atoms with Crippen LogP contribution < -0.4 is 10.9 Å². The third-order valence-corrected chi connectivity index (χ3v) is 2.58. The molecule has 0 atom stereocenters. The van der Waals surface area contributed by atoms with Gasteiger partial charge in [0.05, 0.1) is 0 Å². The number of benzene rings is 1. The van der Waals surface area contributed by atoms with E-state index < -0.39 is 5.92 Å².